The third kappa shape index (κ3) is 6.43. The van der Waals surface area contributed by atoms with Gasteiger partial charge in [0.15, 0.2) is 0 Å². The molecule has 0 spiro atoms. The zero-order valence-electron chi connectivity index (χ0n) is 19.8. The summed E-state index contributed by atoms with van der Waals surface area (Å²) in [7, 11) is 0. The molecule has 0 bridgehead atoms. The smallest absolute Gasteiger partial charge is 0.250 e. The molecular weight excluding hydrogens is 465 g/mol. The molecule has 11 heteroatoms. The van der Waals surface area contributed by atoms with E-state index in [9.17, 15) is 4.39 Å². The zero-order chi connectivity index (χ0) is 24.6. The number of benzene rings is 2. The molecule has 188 valence electrons. The highest BCUT2D eigenvalue weighted by Gasteiger charge is 2.20. The molecule has 10 nitrogen and oxygen atoms in total. The van der Waals surface area contributed by atoms with Crippen LogP contribution in [0.5, 0.6) is 5.75 Å². The van der Waals surface area contributed by atoms with Gasteiger partial charge in [0.1, 0.15) is 18.2 Å². The molecule has 2 aliphatic rings. The molecule has 3 heterocycles. The summed E-state index contributed by atoms with van der Waals surface area (Å²) in [5.41, 5.74) is 4.73. The molecule has 5 rings (SSSR count). The van der Waals surface area contributed by atoms with Gasteiger partial charge in [0.2, 0.25) is 17.8 Å². The average molecular weight is 494 g/mol. The van der Waals surface area contributed by atoms with E-state index in [1.165, 1.54) is 12.1 Å². The van der Waals surface area contributed by atoms with Gasteiger partial charge < -0.3 is 24.0 Å². The van der Waals surface area contributed by atoms with Crippen molar-refractivity contribution < 1.29 is 18.6 Å². The van der Waals surface area contributed by atoms with Crippen molar-refractivity contribution in [3.8, 4) is 5.75 Å². The van der Waals surface area contributed by atoms with Crippen LogP contribution in [0, 0.1) is 5.82 Å². The quantitative estimate of drug-likeness (QED) is 0.375. The molecule has 2 fully saturated rings. The number of anilines is 3. The lowest BCUT2D eigenvalue weighted by Gasteiger charge is -2.30. The number of ether oxygens (including phenoxy) is 3. The van der Waals surface area contributed by atoms with Gasteiger partial charge in [-0.25, -0.2) is 9.82 Å². The molecule has 0 amide bonds. The fourth-order valence-electron chi connectivity index (χ4n) is 3.78. The Kier molecular flexibility index (Phi) is 7.79. The van der Waals surface area contributed by atoms with E-state index in [0.717, 1.165) is 37.3 Å². The van der Waals surface area contributed by atoms with Gasteiger partial charge in [-0.3, -0.25) is 0 Å². The highest BCUT2D eigenvalue weighted by atomic mass is 19.1. The summed E-state index contributed by atoms with van der Waals surface area (Å²) < 4.78 is 29.7. The summed E-state index contributed by atoms with van der Waals surface area (Å²) in [5, 5.41) is 4.33. The minimum Gasteiger partial charge on any atom is -0.489 e. The lowest BCUT2D eigenvalue weighted by atomic mass is 10.2. The van der Waals surface area contributed by atoms with Crippen LogP contribution in [0.4, 0.5) is 22.2 Å². The number of hydrogen-bond donors (Lipinski definition) is 1. The highest BCUT2D eigenvalue weighted by molar-refractivity contribution is 5.80. The van der Waals surface area contributed by atoms with Crippen molar-refractivity contribution in [2.75, 3.05) is 67.8 Å². The summed E-state index contributed by atoms with van der Waals surface area (Å²) in [4.78, 5) is 18.0. The lowest BCUT2D eigenvalue weighted by molar-refractivity contribution is 0.121. The van der Waals surface area contributed by atoms with Crippen LogP contribution in [0.1, 0.15) is 11.1 Å². The number of nitrogens with one attached hydrogen (secondary N) is 1. The maximum Gasteiger partial charge on any atom is 0.250 e. The predicted molar refractivity (Wildman–Crippen MR) is 134 cm³/mol. The lowest BCUT2D eigenvalue weighted by Crippen LogP contribution is -2.40. The highest BCUT2D eigenvalue weighted by Crippen LogP contribution is 2.19. The number of rotatable bonds is 8. The van der Waals surface area contributed by atoms with Crippen LogP contribution in [0.25, 0.3) is 0 Å². The van der Waals surface area contributed by atoms with E-state index in [4.69, 9.17) is 19.2 Å². The van der Waals surface area contributed by atoms with E-state index >= 15 is 0 Å². The first-order valence-corrected chi connectivity index (χ1v) is 11.9. The first-order valence-electron chi connectivity index (χ1n) is 11.9. The van der Waals surface area contributed by atoms with Gasteiger partial charge in [-0.2, -0.15) is 20.1 Å². The van der Waals surface area contributed by atoms with Crippen molar-refractivity contribution in [2.45, 2.75) is 6.61 Å². The van der Waals surface area contributed by atoms with Crippen molar-refractivity contribution in [2.24, 2.45) is 5.10 Å². The van der Waals surface area contributed by atoms with Crippen LogP contribution < -0.4 is 20.0 Å². The zero-order valence-corrected chi connectivity index (χ0v) is 19.8. The van der Waals surface area contributed by atoms with E-state index < -0.39 is 0 Å². The Hall–Kier alpha value is -3.83. The first-order chi connectivity index (χ1) is 17.7. The van der Waals surface area contributed by atoms with Crippen molar-refractivity contribution >= 4 is 24.1 Å². The van der Waals surface area contributed by atoms with Gasteiger partial charge in [-0.05, 0) is 47.5 Å². The summed E-state index contributed by atoms with van der Waals surface area (Å²) in [6.45, 7) is 5.84. The largest absolute Gasteiger partial charge is 0.489 e. The van der Waals surface area contributed by atoms with Crippen LogP contribution in [0.15, 0.2) is 53.6 Å². The summed E-state index contributed by atoms with van der Waals surface area (Å²) >= 11 is 0. The maximum atomic E-state index is 13.0. The van der Waals surface area contributed by atoms with Gasteiger partial charge in [0, 0.05) is 26.2 Å². The average Bonchev–Trinajstić information content (AvgIpc) is 2.94. The number of nitrogens with zero attached hydrogens (tertiary/aromatic N) is 6. The number of halogens is 1. The van der Waals surface area contributed by atoms with Crippen LogP contribution in [-0.2, 0) is 16.1 Å². The molecule has 0 unspecified atom stereocenters. The predicted octanol–water partition coefficient (Wildman–Crippen LogP) is 2.71. The van der Waals surface area contributed by atoms with Gasteiger partial charge >= 0.3 is 0 Å². The van der Waals surface area contributed by atoms with Crippen LogP contribution >= 0.6 is 0 Å². The van der Waals surface area contributed by atoms with Crippen LogP contribution in [0.3, 0.4) is 0 Å². The number of aromatic nitrogens is 3. The van der Waals surface area contributed by atoms with Gasteiger partial charge in [0.25, 0.3) is 0 Å². The van der Waals surface area contributed by atoms with E-state index in [0.29, 0.717) is 56.6 Å². The van der Waals surface area contributed by atoms with Crippen molar-refractivity contribution in [3.63, 3.8) is 0 Å². The maximum absolute atomic E-state index is 13.0. The van der Waals surface area contributed by atoms with Crippen molar-refractivity contribution in [3.05, 3.63) is 65.5 Å². The molecule has 0 aliphatic carbocycles. The van der Waals surface area contributed by atoms with E-state index in [1.54, 1.807) is 18.3 Å². The number of morpholine rings is 2. The van der Waals surface area contributed by atoms with Crippen LogP contribution in [-0.4, -0.2) is 73.8 Å². The monoisotopic (exact) mass is 493 g/mol. The third-order valence-corrected chi connectivity index (χ3v) is 5.78. The number of hydrazone groups is 1. The molecule has 1 aromatic heterocycles. The van der Waals surface area contributed by atoms with E-state index in [1.807, 2.05) is 24.3 Å². The van der Waals surface area contributed by atoms with E-state index in [-0.39, 0.29) is 5.82 Å². The molecule has 0 atom stereocenters. The van der Waals surface area contributed by atoms with Crippen molar-refractivity contribution in [1.29, 1.82) is 0 Å². The second-order valence-corrected chi connectivity index (χ2v) is 8.31. The molecule has 0 radical (unpaired) electrons. The Morgan fingerprint density at radius 2 is 1.42 bits per heavy atom. The Labute approximate surface area is 208 Å². The SMILES string of the molecule is Fc1ccc(COc2ccc(/C=N\Nc3nc(N4CCOCC4)nc(N4CCOCC4)n3)cc2)cc1. The molecule has 1 N–H and O–H groups in total. The molecule has 2 aliphatic heterocycles. The van der Waals surface area contributed by atoms with Gasteiger partial charge in [-0.1, -0.05) is 12.1 Å². The Balaban J connectivity index is 1.23. The second kappa shape index (κ2) is 11.7. The van der Waals surface area contributed by atoms with E-state index in [2.05, 4.69) is 30.3 Å². The van der Waals surface area contributed by atoms with Crippen LogP contribution in [0.2, 0.25) is 0 Å². The van der Waals surface area contributed by atoms with Gasteiger partial charge in [-0.15, -0.1) is 0 Å². The second-order valence-electron chi connectivity index (χ2n) is 8.31. The minimum atomic E-state index is -0.261. The Morgan fingerprint density at radius 1 is 0.833 bits per heavy atom. The first kappa shape index (κ1) is 23.9. The Bertz CT molecular complexity index is 1110. The third-order valence-electron chi connectivity index (χ3n) is 5.78. The molecule has 0 saturated carbocycles. The fraction of sp³-hybridized carbons (Fsp3) is 0.360. The minimum absolute atomic E-state index is 0.261. The summed E-state index contributed by atoms with van der Waals surface area (Å²) in [5.74, 6) is 2.05. The number of hydrogen-bond acceptors (Lipinski definition) is 10. The Morgan fingerprint density at radius 3 is 2.00 bits per heavy atom. The summed E-state index contributed by atoms with van der Waals surface area (Å²) in [6, 6.07) is 13.8. The molecule has 2 saturated heterocycles. The molecule has 36 heavy (non-hydrogen) atoms. The summed E-state index contributed by atoms with van der Waals surface area (Å²) in [6.07, 6.45) is 1.69. The standard InChI is InChI=1S/C25H28FN7O3/c26-21-5-1-20(2-6-21)18-36-22-7-3-19(4-8-22)17-27-31-23-28-24(32-9-13-34-14-10-32)30-25(29-23)33-11-15-35-16-12-33/h1-8,17H,9-16,18H2,(H,28,29,30,31)/b27-17-. The topological polar surface area (TPSA) is 97.2 Å². The molecule has 2 aromatic carbocycles. The normalized spacial score (nSPS) is 16.4. The molecular formula is C25H28FN7O3. The van der Waals surface area contributed by atoms with Crippen molar-refractivity contribution in [1.82, 2.24) is 15.0 Å². The fourth-order valence-corrected chi connectivity index (χ4v) is 3.78. The van der Waals surface area contributed by atoms with Gasteiger partial charge in [0.05, 0.1) is 32.6 Å². The molecule has 3 aromatic rings.